The summed E-state index contributed by atoms with van der Waals surface area (Å²) in [6.07, 6.45) is 10.3. The van der Waals surface area contributed by atoms with Crippen LogP contribution in [-0.2, 0) is 30.5 Å². The first-order valence-corrected chi connectivity index (χ1v) is 19.3. The van der Waals surface area contributed by atoms with E-state index in [0.29, 0.717) is 34.8 Å². The molecule has 2 fully saturated rings. The highest BCUT2D eigenvalue weighted by Crippen LogP contribution is 2.53. The zero-order valence-corrected chi connectivity index (χ0v) is 29.6. The van der Waals surface area contributed by atoms with Crippen molar-refractivity contribution in [2.24, 2.45) is 28.7 Å². The molecule has 50 heavy (non-hydrogen) atoms. The molecule has 0 aromatic heterocycles. The molecule has 2 aliphatic heterocycles. The maximum absolute atomic E-state index is 14.8. The monoisotopic (exact) mass is 662 g/mol. The molecule has 2 heterocycles. The Labute approximate surface area is 293 Å². The predicted octanol–water partition coefficient (Wildman–Crippen LogP) is 8.08. The lowest BCUT2D eigenvalue weighted by molar-refractivity contribution is -0.109. The minimum Gasteiger partial charge on any atom is -0.506 e. The Morgan fingerprint density at radius 2 is 1.24 bits per heavy atom. The molecule has 6 heteroatoms. The summed E-state index contributed by atoms with van der Waals surface area (Å²) in [5, 5.41) is 30.8. The van der Waals surface area contributed by atoms with Crippen LogP contribution in [0.1, 0.15) is 94.0 Å². The molecule has 0 amide bonds. The first-order valence-electron chi connectivity index (χ1n) is 19.3. The lowest BCUT2D eigenvalue weighted by atomic mass is 9.74. The largest absolute Gasteiger partial charge is 0.506 e. The van der Waals surface area contributed by atoms with Crippen molar-refractivity contribution in [3.05, 3.63) is 80.6 Å². The molecule has 0 bridgehead atoms. The van der Waals surface area contributed by atoms with Gasteiger partial charge in [0.1, 0.15) is 17.1 Å². The molecular formula is C44H46N4O2. The number of ketones is 1. The van der Waals surface area contributed by atoms with Crippen molar-refractivity contribution >= 4 is 55.5 Å². The molecule has 2 spiro atoms. The molecule has 4 aromatic rings. The van der Waals surface area contributed by atoms with Crippen LogP contribution in [0.3, 0.4) is 0 Å². The first-order chi connectivity index (χ1) is 24.1. The molecule has 0 saturated heterocycles. The zero-order chi connectivity index (χ0) is 33.8. The van der Waals surface area contributed by atoms with Crippen LogP contribution in [0.15, 0.2) is 47.1 Å². The van der Waals surface area contributed by atoms with Gasteiger partial charge in [-0.05, 0) is 145 Å². The molecule has 4 N–H and O–H groups in total. The van der Waals surface area contributed by atoms with Gasteiger partial charge >= 0.3 is 0 Å². The maximum atomic E-state index is 14.8. The lowest BCUT2D eigenvalue weighted by Crippen LogP contribution is -2.53. The summed E-state index contributed by atoms with van der Waals surface area (Å²) in [5.74, 6) is 2.32. The number of allylic oxidation sites excluding steroid dienone is 2. The van der Waals surface area contributed by atoms with Gasteiger partial charge in [0.15, 0.2) is 0 Å². The number of aliphatic hydroxyl groups is 1. The van der Waals surface area contributed by atoms with Gasteiger partial charge in [-0.1, -0.05) is 39.8 Å². The third kappa shape index (κ3) is 3.85. The summed E-state index contributed by atoms with van der Waals surface area (Å²) in [7, 11) is 0. The quantitative estimate of drug-likeness (QED) is 0.166. The highest BCUT2D eigenvalue weighted by molar-refractivity contribution is 6.52. The number of hydrogen-bond acceptors (Lipinski definition) is 6. The molecule has 5 aliphatic carbocycles. The second kappa shape index (κ2) is 9.71. The van der Waals surface area contributed by atoms with Gasteiger partial charge in [-0.25, -0.2) is 0 Å². The number of anilines is 3. The smallest absolute Gasteiger partial charge is 0.201 e. The van der Waals surface area contributed by atoms with Gasteiger partial charge in [-0.15, -0.1) is 0 Å². The zero-order valence-electron chi connectivity index (χ0n) is 29.6. The molecule has 11 rings (SSSR count). The SMILES string of the molecule is CC1CC(C)CC2(C1)N=c1/c(=C3\C(=O)C(c4cc5c6c(ccc7c6c4NC4(CC(C)CC(C)C4)N7)CC5)=C3O)cc3c4c(ccc(c14)N2)CC3. The van der Waals surface area contributed by atoms with E-state index in [4.69, 9.17) is 4.99 Å². The third-order valence-electron chi connectivity index (χ3n) is 13.5. The van der Waals surface area contributed by atoms with E-state index in [-0.39, 0.29) is 17.2 Å². The van der Waals surface area contributed by atoms with Crippen LogP contribution in [0.25, 0.3) is 32.7 Å². The average molecular weight is 663 g/mol. The van der Waals surface area contributed by atoms with Crippen LogP contribution in [0.5, 0.6) is 0 Å². The number of rotatable bonds is 1. The molecule has 7 aliphatic rings. The van der Waals surface area contributed by atoms with E-state index in [1.54, 1.807) is 0 Å². The molecular weight excluding hydrogens is 617 g/mol. The fraction of sp³-hybridized carbons (Fsp3) is 0.455. The minimum atomic E-state index is -0.404. The Kier molecular flexibility index (Phi) is 5.71. The van der Waals surface area contributed by atoms with Crippen molar-refractivity contribution in [3.8, 4) is 0 Å². The molecule has 0 radical (unpaired) electrons. The number of hydrogen-bond donors (Lipinski definition) is 4. The Morgan fingerprint density at radius 1 is 0.660 bits per heavy atom. The highest BCUT2D eigenvalue weighted by atomic mass is 16.3. The summed E-state index contributed by atoms with van der Waals surface area (Å²) < 4.78 is 0. The summed E-state index contributed by atoms with van der Waals surface area (Å²) >= 11 is 0. The second-order valence-electron chi connectivity index (χ2n) is 17.7. The van der Waals surface area contributed by atoms with Crippen molar-refractivity contribution in [1.82, 2.24) is 0 Å². The molecule has 4 aromatic carbocycles. The highest BCUT2D eigenvalue weighted by Gasteiger charge is 2.46. The van der Waals surface area contributed by atoms with Crippen molar-refractivity contribution in [3.63, 3.8) is 0 Å². The number of benzene rings is 4. The van der Waals surface area contributed by atoms with Gasteiger partial charge in [0.05, 0.1) is 22.2 Å². The van der Waals surface area contributed by atoms with E-state index in [0.717, 1.165) is 90.0 Å². The Hall–Kier alpha value is -4.32. The van der Waals surface area contributed by atoms with Crippen molar-refractivity contribution in [1.29, 1.82) is 0 Å². The molecule has 2 saturated carbocycles. The first kappa shape index (κ1) is 29.4. The minimum absolute atomic E-state index is 0.0626. The van der Waals surface area contributed by atoms with E-state index >= 15 is 0 Å². The van der Waals surface area contributed by atoms with Crippen LogP contribution in [0.4, 0.5) is 17.1 Å². The molecule has 6 nitrogen and oxygen atoms in total. The van der Waals surface area contributed by atoms with E-state index in [1.165, 1.54) is 51.3 Å². The number of Topliss-reactive ketones (excluding diaryl/α,β-unsaturated/α-hetero) is 1. The van der Waals surface area contributed by atoms with Crippen LogP contribution >= 0.6 is 0 Å². The van der Waals surface area contributed by atoms with Gasteiger partial charge in [0.25, 0.3) is 0 Å². The summed E-state index contributed by atoms with van der Waals surface area (Å²) in [4.78, 5) is 20.4. The number of aryl methyl sites for hydroxylation is 4. The maximum Gasteiger partial charge on any atom is 0.201 e. The normalized spacial score (nSPS) is 32.7. The van der Waals surface area contributed by atoms with Gasteiger partial charge in [0, 0.05) is 32.9 Å². The Balaban J connectivity index is 1.16. The Morgan fingerprint density at radius 3 is 1.90 bits per heavy atom. The number of nitrogens with one attached hydrogen (secondary N) is 3. The van der Waals surface area contributed by atoms with E-state index in [1.807, 2.05) is 0 Å². The lowest BCUT2D eigenvalue weighted by Gasteiger charge is -2.48. The fourth-order valence-electron chi connectivity index (χ4n) is 12.2. The van der Waals surface area contributed by atoms with Gasteiger partial charge in [-0.2, -0.15) is 0 Å². The molecule has 254 valence electrons. The van der Waals surface area contributed by atoms with Gasteiger partial charge in [0.2, 0.25) is 5.78 Å². The van der Waals surface area contributed by atoms with Gasteiger partial charge in [-0.3, -0.25) is 9.79 Å². The molecule has 4 atom stereocenters. The van der Waals surface area contributed by atoms with Crippen LogP contribution in [0, 0.1) is 23.7 Å². The standard InChI is InChI=1S/C44H46N4O2/c1-21-13-22(2)18-43(17-21)45-31-11-9-25-5-7-27-15-29(39(47-43)37(31)33(25)27)35-41(49)36(42(35)50)30-16-28-8-6-26-10-12-32-38(34(26)28)40(30)48-44(46-32)19-23(3)14-24(4)20-44/h9-12,15-16,21-24,45-47,49H,5-8,13-14,17-20H2,1-4H3/b36-30-. The molecule has 4 unspecified atom stereocenters. The van der Waals surface area contributed by atoms with Crippen LogP contribution in [-0.4, -0.2) is 22.2 Å². The summed E-state index contributed by atoms with van der Waals surface area (Å²) in [6.45, 7) is 9.38. The summed E-state index contributed by atoms with van der Waals surface area (Å²) in [5.41, 5.74) is 9.63. The Bertz CT molecular complexity index is 2420. The second-order valence-corrected chi connectivity index (χ2v) is 17.7. The average Bonchev–Trinajstić information content (AvgIpc) is 3.66. The number of carbonyl (C=O) groups excluding carboxylic acids is 1. The van der Waals surface area contributed by atoms with Crippen molar-refractivity contribution in [2.45, 2.75) is 103 Å². The predicted molar refractivity (Wildman–Crippen MR) is 202 cm³/mol. The summed E-state index contributed by atoms with van der Waals surface area (Å²) in [6, 6.07) is 13.5. The van der Waals surface area contributed by atoms with E-state index in [2.05, 4.69) is 80.0 Å². The number of nitrogens with zero attached hydrogens (tertiary/aromatic N) is 1. The van der Waals surface area contributed by atoms with Crippen molar-refractivity contribution in [2.75, 3.05) is 16.0 Å². The van der Waals surface area contributed by atoms with Crippen LogP contribution < -0.4 is 26.5 Å². The van der Waals surface area contributed by atoms with E-state index in [9.17, 15) is 9.90 Å². The number of carbonyl (C=O) groups is 1. The third-order valence-corrected chi connectivity index (χ3v) is 13.5. The van der Waals surface area contributed by atoms with Crippen molar-refractivity contribution < 1.29 is 9.90 Å². The van der Waals surface area contributed by atoms with Crippen LogP contribution in [0.2, 0.25) is 0 Å². The topological polar surface area (TPSA) is 85.8 Å². The van der Waals surface area contributed by atoms with Gasteiger partial charge < -0.3 is 21.1 Å². The fourth-order valence-corrected chi connectivity index (χ4v) is 12.2. The van der Waals surface area contributed by atoms with E-state index < -0.39 is 5.66 Å². The number of aliphatic hydroxyl groups excluding tert-OH is 1.